The fourth-order valence-electron chi connectivity index (χ4n) is 2.49. The molecule has 1 atom stereocenters. The van der Waals surface area contributed by atoms with E-state index in [2.05, 4.69) is 20.4 Å². The van der Waals surface area contributed by atoms with Crippen LogP contribution in [0.5, 0.6) is 0 Å². The molecule has 1 N–H and O–H groups in total. The van der Waals surface area contributed by atoms with Crippen molar-refractivity contribution in [2.75, 3.05) is 0 Å². The van der Waals surface area contributed by atoms with Crippen molar-refractivity contribution in [3.8, 4) is 0 Å². The van der Waals surface area contributed by atoms with Crippen LogP contribution in [0.25, 0.3) is 10.9 Å². The highest BCUT2D eigenvalue weighted by Crippen LogP contribution is 2.04. The van der Waals surface area contributed by atoms with Gasteiger partial charge in [0.2, 0.25) is 5.91 Å². The predicted octanol–water partition coefficient (Wildman–Crippen LogP) is 0.583. The maximum absolute atomic E-state index is 12.3. The molecule has 8 nitrogen and oxygen atoms in total. The van der Waals surface area contributed by atoms with Crippen LogP contribution in [0.4, 0.5) is 0 Å². The molecule has 1 amide bonds. The number of rotatable bonds is 6. The van der Waals surface area contributed by atoms with Crippen LogP contribution < -0.4 is 10.9 Å². The van der Waals surface area contributed by atoms with E-state index in [4.69, 9.17) is 0 Å². The van der Waals surface area contributed by atoms with Crippen LogP contribution in [0.1, 0.15) is 13.3 Å². The average molecular weight is 326 g/mol. The molecule has 0 spiro atoms. The minimum Gasteiger partial charge on any atom is -0.352 e. The summed E-state index contributed by atoms with van der Waals surface area (Å²) in [6.07, 6.45) is 4.75. The van der Waals surface area contributed by atoms with Crippen molar-refractivity contribution < 1.29 is 4.79 Å². The van der Waals surface area contributed by atoms with Gasteiger partial charge >= 0.3 is 0 Å². The van der Waals surface area contributed by atoms with Crippen molar-refractivity contribution in [2.24, 2.45) is 0 Å². The number of carbonyl (C=O) groups excluding carboxylic acids is 1. The summed E-state index contributed by atoms with van der Waals surface area (Å²) >= 11 is 0. The van der Waals surface area contributed by atoms with Gasteiger partial charge in [0.15, 0.2) is 0 Å². The van der Waals surface area contributed by atoms with E-state index in [1.165, 1.54) is 17.2 Å². The molecule has 3 rings (SSSR count). The van der Waals surface area contributed by atoms with E-state index in [0.717, 1.165) is 0 Å². The summed E-state index contributed by atoms with van der Waals surface area (Å²) in [7, 11) is 0. The number of benzene rings is 1. The number of nitrogens with zero attached hydrogens (tertiary/aromatic N) is 5. The Morgan fingerprint density at radius 3 is 2.92 bits per heavy atom. The fourth-order valence-corrected chi connectivity index (χ4v) is 2.49. The number of amides is 1. The summed E-state index contributed by atoms with van der Waals surface area (Å²) in [6.45, 7) is 2.73. The third-order valence-electron chi connectivity index (χ3n) is 3.65. The predicted molar refractivity (Wildman–Crippen MR) is 88.2 cm³/mol. The smallest absolute Gasteiger partial charge is 0.261 e. The van der Waals surface area contributed by atoms with Gasteiger partial charge in [0, 0.05) is 19.0 Å². The second kappa shape index (κ2) is 7.03. The SMILES string of the molecule is CC(Cn1cncn1)NC(=O)CCn1cnc2ccccc2c1=O. The molecular weight excluding hydrogens is 308 g/mol. The Kier molecular flexibility index (Phi) is 4.64. The second-order valence-electron chi connectivity index (χ2n) is 5.60. The average Bonchev–Trinajstić information content (AvgIpc) is 3.07. The Balaban J connectivity index is 1.58. The molecule has 3 aromatic rings. The minimum absolute atomic E-state index is 0.0781. The number of hydrogen-bond donors (Lipinski definition) is 1. The van der Waals surface area contributed by atoms with Gasteiger partial charge < -0.3 is 5.32 Å². The highest BCUT2D eigenvalue weighted by atomic mass is 16.2. The number of aromatic nitrogens is 5. The number of fused-ring (bicyclic) bond motifs is 1. The summed E-state index contributed by atoms with van der Waals surface area (Å²) < 4.78 is 3.12. The van der Waals surface area contributed by atoms with Crippen LogP contribution in [-0.2, 0) is 17.9 Å². The van der Waals surface area contributed by atoms with Gasteiger partial charge in [-0.3, -0.25) is 18.8 Å². The van der Waals surface area contributed by atoms with Crippen molar-refractivity contribution in [1.82, 2.24) is 29.6 Å². The topological polar surface area (TPSA) is 94.7 Å². The van der Waals surface area contributed by atoms with Gasteiger partial charge in [-0.1, -0.05) is 12.1 Å². The lowest BCUT2D eigenvalue weighted by atomic mass is 10.2. The Hall–Kier alpha value is -3.03. The van der Waals surface area contributed by atoms with E-state index in [-0.39, 0.29) is 23.9 Å². The van der Waals surface area contributed by atoms with E-state index >= 15 is 0 Å². The first kappa shape index (κ1) is 15.9. The van der Waals surface area contributed by atoms with E-state index < -0.39 is 0 Å². The molecule has 0 fully saturated rings. The first-order valence-corrected chi connectivity index (χ1v) is 7.69. The molecule has 24 heavy (non-hydrogen) atoms. The van der Waals surface area contributed by atoms with Crippen LogP contribution in [0, 0.1) is 0 Å². The molecule has 8 heteroatoms. The van der Waals surface area contributed by atoms with Crippen molar-refractivity contribution in [3.05, 3.63) is 53.6 Å². The third kappa shape index (κ3) is 3.65. The molecular formula is C16H18N6O2. The monoisotopic (exact) mass is 326 g/mol. The highest BCUT2D eigenvalue weighted by Gasteiger charge is 2.10. The van der Waals surface area contributed by atoms with Crippen LogP contribution in [-0.4, -0.2) is 36.3 Å². The normalized spacial score (nSPS) is 12.2. The molecule has 0 bridgehead atoms. The maximum atomic E-state index is 12.3. The van der Waals surface area contributed by atoms with Gasteiger partial charge in [0.25, 0.3) is 5.56 Å². The minimum atomic E-state index is -0.135. The van der Waals surface area contributed by atoms with E-state index in [9.17, 15) is 9.59 Å². The van der Waals surface area contributed by atoms with Crippen LogP contribution in [0.2, 0.25) is 0 Å². The zero-order valence-electron chi connectivity index (χ0n) is 13.3. The first-order valence-electron chi connectivity index (χ1n) is 7.69. The number of hydrogen-bond acceptors (Lipinski definition) is 5. The number of para-hydroxylation sites is 1. The van der Waals surface area contributed by atoms with Crippen LogP contribution in [0.3, 0.4) is 0 Å². The number of nitrogens with one attached hydrogen (secondary N) is 1. The molecule has 0 saturated carbocycles. The van der Waals surface area contributed by atoms with Gasteiger partial charge in [-0.15, -0.1) is 0 Å². The van der Waals surface area contributed by atoms with Crippen molar-refractivity contribution >= 4 is 16.8 Å². The standard InChI is InChI=1S/C16H18N6O2/c1-12(8-22-10-17-9-19-22)20-15(23)6-7-21-11-18-14-5-3-2-4-13(14)16(21)24/h2-5,9-12H,6-8H2,1H3,(H,20,23). The van der Waals surface area contributed by atoms with E-state index in [1.54, 1.807) is 29.2 Å². The highest BCUT2D eigenvalue weighted by molar-refractivity contribution is 5.77. The number of carbonyl (C=O) groups is 1. The molecule has 0 aliphatic rings. The molecule has 2 heterocycles. The zero-order valence-corrected chi connectivity index (χ0v) is 13.3. The second-order valence-corrected chi connectivity index (χ2v) is 5.60. The lowest BCUT2D eigenvalue weighted by Gasteiger charge is -2.14. The summed E-state index contributed by atoms with van der Waals surface area (Å²) in [6, 6.07) is 7.09. The molecule has 124 valence electrons. The zero-order chi connectivity index (χ0) is 16.9. The quantitative estimate of drug-likeness (QED) is 0.715. The molecule has 2 aromatic heterocycles. The maximum Gasteiger partial charge on any atom is 0.261 e. The van der Waals surface area contributed by atoms with Crippen LogP contribution >= 0.6 is 0 Å². The summed E-state index contributed by atoms with van der Waals surface area (Å²) in [4.78, 5) is 32.5. The van der Waals surface area contributed by atoms with Crippen molar-refractivity contribution in [2.45, 2.75) is 32.5 Å². The summed E-state index contributed by atoms with van der Waals surface area (Å²) in [5.74, 6) is -0.123. The molecule has 0 aliphatic carbocycles. The molecule has 0 aliphatic heterocycles. The van der Waals surface area contributed by atoms with Gasteiger partial charge in [-0.25, -0.2) is 9.97 Å². The molecule has 0 saturated heterocycles. The lowest BCUT2D eigenvalue weighted by molar-refractivity contribution is -0.122. The number of aryl methyl sites for hydroxylation is 1. The molecule has 1 unspecified atom stereocenters. The van der Waals surface area contributed by atoms with Gasteiger partial charge in [0.05, 0.1) is 23.8 Å². The van der Waals surface area contributed by atoms with E-state index in [0.29, 0.717) is 24.0 Å². The van der Waals surface area contributed by atoms with E-state index in [1.807, 2.05) is 13.0 Å². The van der Waals surface area contributed by atoms with Gasteiger partial charge in [-0.05, 0) is 19.1 Å². The lowest BCUT2D eigenvalue weighted by Crippen LogP contribution is -2.36. The van der Waals surface area contributed by atoms with Crippen LogP contribution in [0.15, 0.2) is 48.0 Å². The largest absolute Gasteiger partial charge is 0.352 e. The van der Waals surface area contributed by atoms with Crippen molar-refractivity contribution in [3.63, 3.8) is 0 Å². The van der Waals surface area contributed by atoms with Crippen molar-refractivity contribution in [1.29, 1.82) is 0 Å². The Labute approximate surface area is 138 Å². The molecule has 0 radical (unpaired) electrons. The Bertz CT molecular complexity index is 887. The molecule has 1 aromatic carbocycles. The first-order chi connectivity index (χ1) is 11.6. The van der Waals surface area contributed by atoms with Gasteiger partial charge in [0.1, 0.15) is 12.7 Å². The summed E-state index contributed by atoms with van der Waals surface area (Å²) in [5.41, 5.74) is 0.522. The van der Waals surface area contributed by atoms with Gasteiger partial charge in [-0.2, -0.15) is 5.10 Å². The third-order valence-corrected chi connectivity index (χ3v) is 3.65. The summed E-state index contributed by atoms with van der Waals surface area (Å²) in [5, 5.41) is 7.44. The Morgan fingerprint density at radius 1 is 1.29 bits per heavy atom. The Morgan fingerprint density at radius 2 is 2.12 bits per heavy atom. The fraction of sp³-hybridized carbons (Fsp3) is 0.312.